The van der Waals surface area contributed by atoms with Crippen molar-refractivity contribution in [2.45, 2.75) is 19.3 Å². The van der Waals surface area contributed by atoms with E-state index in [0.29, 0.717) is 5.92 Å². The van der Waals surface area contributed by atoms with Crippen LogP contribution in [0.4, 0.5) is 0 Å². The molecule has 1 N–H and O–H groups in total. The molecule has 0 aromatic heterocycles. The summed E-state index contributed by atoms with van der Waals surface area (Å²) in [5.74, 6) is 2.36. The molecule has 0 radical (unpaired) electrons. The van der Waals surface area contributed by atoms with Gasteiger partial charge < -0.3 is 15.0 Å². The van der Waals surface area contributed by atoms with Crippen molar-refractivity contribution in [3.63, 3.8) is 0 Å². The molecule has 0 saturated carbocycles. The van der Waals surface area contributed by atoms with Gasteiger partial charge in [-0.15, -0.1) is 0 Å². The van der Waals surface area contributed by atoms with E-state index in [-0.39, 0.29) is 0 Å². The topological polar surface area (TPSA) is 24.5 Å². The van der Waals surface area contributed by atoms with E-state index >= 15 is 0 Å². The van der Waals surface area contributed by atoms with E-state index in [1.807, 2.05) is 30.3 Å². The van der Waals surface area contributed by atoms with Gasteiger partial charge in [0, 0.05) is 26.2 Å². The van der Waals surface area contributed by atoms with E-state index in [1.165, 1.54) is 31.6 Å². The van der Waals surface area contributed by atoms with Gasteiger partial charge in [-0.2, -0.15) is 0 Å². The van der Waals surface area contributed by atoms with Crippen LogP contribution in [-0.4, -0.2) is 37.6 Å². The van der Waals surface area contributed by atoms with Crippen molar-refractivity contribution in [1.29, 1.82) is 0 Å². The average molecular weight is 310 g/mol. The van der Waals surface area contributed by atoms with Crippen molar-refractivity contribution >= 4 is 0 Å². The average Bonchev–Trinajstić information content (AvgIpc) is 2.62. The summed E-state index contributed by atoms with van der Waals surface area (Å²) in [6.45, 7) is 8.10. The number of piperazine rings is 1. The molecule has 3 heteroatoms. The molecule has 122 valence electrons. The first-order valence-corrected chi connectivity index (χ1v) is 8.57. The number of rotatable bonds is 6. The predicted molar refractivity (Wildman–Crippen MR) is 95.3 cm³/mol. The summed E-state index contributed by atoms with van der Waals surface area (Å²) >= 11 is 0. The predicted octanol–water partition coefficient (Wildman–Crippen LogP) is 3.88. The summed E-state index contributed by atoms with van der Waals surface area (Å²) in [5, 5.41) is 3.40. The van der Waals surface area contributed by atoms with Gasteiger partial charge in [-0.05, 0) is 48.7 Å². The number of benzene rings is 2. The minimum atomic E-state index is 0.579. The molecule has 1 heterocycles. The number of nitrogens with zero attached hydrogens (tertiary/aromatic N) is 1. The molecule has 1 aliphatic heterocycles. The first-order valence-electron chi connectivity index (χ1n) is 8.57. The number of nitrogens with one attached hydrogen (secondary N) is 1. The normalized spacial score (nSPS) is 16.9. The first-order chi connectivity index (χ1) is 11.3. The van der Waals surface area contributed by atoms with E-state index in [9.17, 15) is 0 Å². The number of ether oxygens (including phenoxy) is 1. The van der Waals surface area contributed by atoms with Gasteiger partial charge in [-0.3, -0.25) is 0 Å². The van der Waals surface area contributed by atoms with Crippen LogP contribution in [0.1, 0.15) is 24.8 Å². The maximum absolute atomic E-state index is 5.85. The first kappa shape index (κ1) is 16.0. The third-order valence-corrected chi connectivity index (χ3v) is 4.52. The maximum Gasteiger partial charge on any atom is 0.127 e. The molecule has 0 amide bonds. The third kappa shape index (κ3) is 4.81. The quantitative estimate of drug-likeness (QED) is 0.876. The fraction of sp³-hybridized carbons (Fsp3) is 0.400. The Balaban J connectivity index is 1.51. The van der Waals surface area contributed by atoms with E-state index in [1.54, 1.807) is 0 Å². The Labute approximate surface area is 139 Å². The molecular weight excluding hydrogens is 284 g/mol. The second-order valence-corrected chi connectivity index (χ2v) is 6.27. The zero-order valence-electron chi connectivity index (χ0n) is 13.9. The molecule has 2 aromatic rings. The molecule has 0 aliphatic carbocycles. The smallest absolute Gasteiger partial charge is 0.127 e. The Morgan fingerprint density at radius 2 is 1.61 bits per heavy atom. The molecule has 1 atom stereocenters. The minimum Gasteiger partial charge on any atom is -0.457 e. The van der Waals surface area contributed by atoms with Crippen LogP contribution >= 0.6 is 0 Å². The van der Waals surface area contributed by atoms with E-state index in [4.69, 9.17) is 4.74 Å². The van der Waals surface area contributed by atoms with Crippen LogP contribution in [0.25, 0.3) is 0 Å². The molecule has 0 bridgehead atoms. The van der Waals surface area contributed by atoms with Crippen LogP contribution in [0.3, 0.4) is 0 Å². The summed E-state index contributed by atoms with van der Waals surface area (Å²) in [6.07, 6.45) is 1.21. The van der Waals surface area contributed by atoms with Crippen molar-refractivity contribution in [2.24, 2.45) is 0 Å². The van der Waals surface area contributed by atoms with Gasteiger partial charge in [0.2, 0.25) is 0 Å². The van der Waals surface area contributed by atoms with Gasteiger partial charge in [0.15, 0.2) is 0 Å². The largest absolute Gasteiger partial charge is 0.457 e. The monoisotopic (exact) mass is 310 g/mol. The number of hydrogen-bond donors (Lipinski definition) is 1. The molecule has 1 saturated heterocycles. The molecule has 23 heavy (non-hydrogen) atoms. The fourth-order valence-corrected chi connectivity index (χ4v) is 2.97. The highest BCUT2D eigenvalue weighted by Crippen LogP contribution is 2.25. The molecule has 1 aliphatic rings. The highest BCUT2D eigenvalue weighted by molar-refractivity contribution is 5.33. The summed E-state index contributed by atoms with van der Waals surface area (Å²) in [6, 6.07) is 18.5. The number of para-hydroxylation sites is 1. The molecular formula is C20H26N2O. The highest BCUT2D eigenvalue weighted by Gasteiger charge is 2.12. The van der Waals surface area contributed by atoms with Crippen molar-refractivity contribution in [3.05, 3.63) is 60.2 Å². The molecule has 2 aromatic carbocycles. The second kappa shape index (κ2) is 8.14. The van der Waals surface area contributed by atoms with Crippen molar-refractivity contribution < 1.29 is 4.74 Å². The molecule has 3 nitrogen and oxygen atoms in total. The lowest BCUT2D eigenvalue weighted by Gasteiger charge is -2.28. The highest BCUT2D eigenvalue weighted by atomic mass is 16.5. The van der Waals surface area contributed by atoms with Gasteiger partial charge in [0.25, 0.3) is 0 Å². The Kier molecular flexibility index (Phi) is 5.67. The van der Waals surface area contributed by atoms with Gasteiger partial charge in [0.05, 0.1) is 0 Å². The van der Waals surface area contributed by atoms with E-state index in [2.05, 4.69) is 41.4 Å². The van der Waals surface area contributed by atoms with Crippen molar-refractivity contribution in [3.8, 4) is 11.5 Å². The summed E-state index contributed by atoms with van der Waals surface area (Å²) < 4.78 is 5.85. The van der Waals surface area contributed by atoms with Gasteiger partial charge in [-0.25, -0.2) is 0 Å². The minimum absolute atomic E-state index is 0.579. The molecule has 3 rings (SSSR count). The lowest BCUT2D eigenvalue weighted by Crippen LogP contribution is -2.43. The summed E-state index contributed by atoms with van der Waals surface area (Å²) in [5.41, 5.74) is 1.39. The third-order valence-electron chi connectivity index (χ3n) is 4.52. The van der Waals surface area contributed by atoms with Gasteiger partial charge >= 0.3 is 0 Å². The molecule has 1 unspecified atom stereocenters. The van der Waals surface area contributed by atoms with Gasteiger partial charge in [-0.1, -0.05) is 37.3 Å². The fourth-order valence-electron chi connectivity index (χ4n) is 2.97. The van der Waals surface area contributed by atoms with Crippen LogP contribution in [0.15, 0.2) is 54.6 Å². The van der Waals surface area contributed by atoms with Crippen LogP contribution in [0.2, 0.25) is 0 Å². The SMILES string of the molecule is CC(CCN1CCNCC1)c1ccc(Oc2ccccc2)cc1. The Bertz CT molecular complexity index is 576. The number of hydrogen-bond acceptors (Lipinski definition) is 3. The van der Waals surface area contributed by atoms with Crippen LogP contribution in [0, 0.1) is 0 Å². The maximum atomic E-state index is 5.85. The van der Waals surface area contributed by atoms with E-state index < -0.39 is 0 Å². The van der Waals surface area contributed by atoms with E-state index in [0.717, 1.165) is 24.6 Å². The zero-order valence-corrected chi connectivity index (χ0v) is 13.9. The zero-order chi connectivity index (χ0) is 15.9. The second-order valence-electron chi connectivity index (χ2n) is 6.27. The standard InChI is InChI=1S/C20H26N2O/c1-17(11-14-22-15-12-21-13-16-22)18-7-9-20(10-8-18)23-19-5-3-2-4-6-19/h2-10,17,21H,11-16H2,1H3. The Morgan fingerprint density at radius 1 is 0.957 bits per heavy atom. The summed E-state index contributed by atoms with van der Waals surface area (Å²) in [7, 11) is 0. The lowest BCUT2D eigenvalue weighted by molar-refractivity contribution is 0.234. The summed E-state index contributed by atoms with van der Waals surface area (Å²) in [4.78, 5) is 2.56. The van der Waals surface area contributed by atoms with Crippen molar-refractivity contribution in [1.82, 2.24) is 10.2 Å². The van der Waals surface area contributed by atoms with Crippen molar-refractivity contribution in [2.75, 3.05) is 32.7 Å². The van der Waals surface area contributed by atoms with Crippen LogP contribution in [0.5, 0.6) is 11.5 Å². The molecule has 0 spiro atoms. The Morgan fingerprint density at radius 3 is 2.30 bits per heavy atom. The Hall–Kier alpha value is -1.84. The van der Waals surface area contributed by atoms with Gasteiger partial charge in [0.1, 0.15) is 11.5 Å². The molecule has 1 fully saturated rings. The van der Waals surface area contributed by atoms with Crippen LogP contribution in [-0.2, 0) is 0 Å². The van der Waals surface area contributed by atoms with Crippen LogP contribution < -0.4 is 10.1 Å². The lowest BCUT2D eigenvalue weighted by atomic mass is 9.97.